The molecule has 1 atom stereocenters. The van der Waals surface area contributed by atoms with Crippen LogP contribution in [0.5, 0.6) is 0 Å². The van der Waals surface area contributed by atoms with E-state index in [2.05, 4.69) is 9.62 Å². The predicted octanol–water partition coefficient (Wildman–Crippen LogP) is 0.427. The summed E-state index contributed by atoms with van der Waals surface area (Å²) >= 11 is 0. The molecule has 1 saturated heterocycles. The maximum Gasteiger partial charge on any atom is 0.211 e. The molecule has 5 nitrogen and oxygen atoms in total. The minimum atomic E-state index is -3.07. The smallest absolute Gasteiger partial charge is 0.211 e. The van der Waals surface area contributed by atoms with Gasteiger partial charge in [0.1, 0.15) is 0 Å². The van der Waals surface area contributed by atoms with Gasteiger partial charge in [0.25, 0.3) is 0 Å². The van der Waals surface area contributed by atoms with Gasteiger partial charge in [-0.1, -0.05) is 6.92 Å². The van der Waals surface area contributed by atoms with Gasteiger partial charge in [-0.3, -0.25) is 4.90 Å². The Kier molecular flexibility index (Phi) is 6.40. The van der Waals surface area contributed by atoms with Crippen molar-refractivity contribution in [2.45, 2.75) is 32.2 Å². The van der Waals surface area contributed by atoms with Crippen LogP contribution in [0.3, 0.4) is 0 Å². The van der Waals surface area contributed by atoms with Gasteiger partial charge in [0, 0.05) is 26.2 Å². The highest BCUT2D eigenvalue weighted by Crippen LogP contribution is 2.16. The summed E-state index contributed by atoms with van der Waals surface area (Å²) < 4.78 is 30.9. The molecule has 102 valence electrons. The van der Waals surface area contributed by atoms with Gasteiger partial charge in [0.15, 0.2) is 0 Å². The van der Waals surface area contributed by atoms with E-state index in [4.69, 9.17) is 4.74 Å². The maximum absolute atomic E-state index is 11.6. The molecule has 0 bridgehead atoms. The fourth-order valence-electron chi connectivity index (χ4n) is 2.19. The maximum atomic E-state index is 11.6. The molecule has 0 saturated carbocycles. The summed E-state index contributed by atoms with van der Waals surface area (Å²) in [5.74, 6) is 0.220. The van der Waals surface area contributed by atoms with Crippen molar-refractivity contribution < 1.29 is 13.2 Å². The number of ether oxygens (including phenoxy) is 1. The van der Waals surface area contributed by atoms with Crippen molar-refractivity contribution >= 4 is 10.0 Å². The van der Waals surface area contributed by atoms with Gasteiger partial charge in [-0.05, 0) is 25.8 Å². The number of rotatable bonds is 8. The number of methoxy groups -OCH3 is 1. The van der Waals surface area contributed by atoms with Gasteiger partial charge in [-0.2, -0.15) is 0 Å². The number of nitrogens with one attached hydrogen (secondary N) is 1. The molecular weight excluding hydrogens is 240 g/mol. The Labute approximate surface area is 105 Å². The highest BCUT2D eigenvalue weighted by atomic mass is 32.2. The first kappa shape index (κ1) is 14.9. The minimum absolute atomic E-state index is 0.220. The molecule has 1 unspecified atom stereocenters. The van der Waals surface area contributed by atoms with E-state index in [0.717, 1.165) is 25.9 Å². The first-order valence-corrected chi connectivity index (χ1v) is 7.94. The average molecular weight is 264 g/mol. The molecule has 0 aromatic heterocycles. The summed E-state index contributed by atoms with van der Waals surface area (Å²) in [6.07, 6.45) is 2.87. The first-order valence-electron chi connectivity index (χ1n) is 6.29. The summed E-state index contributed by atoms with van der Waals surface area (Å²) in [7, 11) is -1.38. The lowest BCUT2D eigenvalue weighted by molar-refractivity contribution is 0.141. The van der Waals surface area contributed by atoms with E-state index < -0.39 is 10.0 Å². The molecular formula is C11H24N2O3S. The Morgan fingerprint density at radius 2 is 2.24 bits per heavy atom. The summed E-state index contributed by atoms with van der Waals surface area (Å²) in [6.45, 7) is 5.05. The SMILES string of the molecule is CCCS(=O)(=O)NCC1CCCN1CCOC. The second-order valence-electron chi connectivity index (χ2n) is 4.49. The van der Waals surface area contributed by atoms with Crippen molar-refractivity contribution in [1.82, 2.24) is 9.62 Å². The number of likely N-dealkylation sites (tertiary alicyclic amines) is 1. The molecule has 1 aliphatic heterocycles. The number of hydrogen-bond donors (Lipinski definition) is 1. The molecule has 1 fully saturated rings. The van der Waals surface area contributed by atoms with Gasteiger partial charge in [0.05, 0.1) is 12.4 Å². The van der Waals surface area contributed by atoms with Crippen LogP contribution in [-0.4, -0.2) is 58.5 Å². The van der Waals surface area contributed by atoms with Crippen LogP contribution in [0.2, 0.25) is 0 Å². The number of nitrogens with zero attached hydrogens (tertiary/aromatic N) is 1. The summed E-state index contributed by atoms with van der Waals surface area (Å²) in [5.41, 5.74) is 0. The number of hydrogen-bond acceptors (Lipinski definition) is 4. The van der Waals surface area contributed by atoms with Crippen molar-refractivity contribution in [1.29, 1.82) is 0 Å². The minimum Gasteiger partial charge on any atom is -0.383 e. The van der Waals surface area contributed by atoms with Crippen LogP contribution < -0.4 is 4.72 Å². The Hall–Kier alpha value is -0.170. The van der Waals surface area contributed by atoms with E-state index in [1.807, 2.05) is 6.92 Å². The lowest BCUT2D eigenvalue weighted by Gasteiger charge is -2.24. The molecule has 1 aliphatic rings. The third kappa shape index (κ3) is 5.33. The summed E-state index contributed by atoms with van der Waals surface area (Å²) in [4.78, 5) is 2.30. The normalized spacial score (nSPS) is 22.1. The highest BCUT2D eigenvalue weighted by molar-refractivity contribution is 7.89. The first-order chi connectivity index (χ1) is 8.09. The van der Waals surface area contributed by atoms with Gasteiger partial charge >= 0.3 is 0 Å². The fourth-order valence-corrected chi connectivity index (χ4v) is 3.32. The van der Waals surface area contributed by atoms with Crippen LogP contribution in [0.1, 0.15) is 26.2 Å². The monoisotopic (exact) mass is 264 g/mol. The zero-order valence-corrected chi connectivity index (χ0v) is 11.6. The van der Waals surface area contributed by atoms with Crippen LogP contribution in [0.15, 0.2) is 0 Å². The average Bonchev–Trinajstić information content (AvgIpc) is 2.71. The highest BCUT2D eigenvalue weighted by Gasteiger charge is 2.25. The zero-order valence-electron chi connectivity index (χ0n) is 10.8. The van der Waals surface area contributed by atoms with Crippen molar-refractivity contribution in [3.63, 3.8) is 0 Å². The molecule has 0 aromatic rings. The van der Waals surface area contributed by atoms with Crippen LogP contribution >= 0.6 is 0 Å². The van der Waals surface area contributed by atoms with Gasteiger partial charge in [-0.15, -0.1) is 0 Å². The third-order valence-corrected chi connectivity index (χ3v) is 4.65. The van der Waals surface area contributed by atoms with E-state index in [1.54, 1.807) is 7.11 Å². The Bertz CT molecular complexity index is 306. The van der Waals surface area contributed by atoms with Crippen molar-refractivity contribution in [3.8, 4) is 0 Å². The molecule has 1 N–H and O–H groups in total. The third-order valence-electron chi connectivity index (χ3n) is 3.09. The van der Waals surface area contributed by atoms with Crippen molar-refractivity contribution in [2.75, 3.05) is 39.1 Å². The predicted molar refractivity (Wildman–Crippen MR) is 68.6 cm³/mol. The summed E-state index contributed by atoms with van der Waals surface area (Å²) in [6, 6.07) is 0.330. The molecule has 1 rings (SSSR count). The molecule has 0 amide bonds. The second-order valence-corrected chi connectivity index (χ2v) is 6.42. The molecule has 1 heterocycles. The lowest BCUT2D eigenvalue weighted by Crippen LogP contribution is -2.41. The van der Waals surface area contributed by atoms with E-state index in [-0.39, 0.29) is 5.75 Å². The Morgan fingerprint density at radius 1 is 1.47 bits per heavy atom. The van der Waals surface area contributed by atoms with Gasteiger partial charge in [0.2, 0.25) is 10.0 Å². The lowest BCUT2D eigenvalue weighted by atomic mass is 10.2. The fraction of sp³-hybridized carbons (Fsp3) is 1.00. The molecule has 17 heavy (non-hydrogen) atoms. The standard InChI is InChI=1S/C11H24N2O3S/c1-3-9-17(14,15)12-10-11-5-4-6-13(11)7-8-16-2/h11-12H,3-10H2,1-2H3. The number of sulfonamides is 1. The van der Waals surface area contributed by atoms with Crippen LogP contribution in [-0.2, 0) is 14.8 Å². The Morgan fingerprint density at radius 3 is 2.88 bits per heavy atom. The molecule has 0 aliphatic carbocycles. The zero-order chi connectivity index (χ0) is 12.7. The van der Waals surface area contributed by atoms with Crippen LogP contribution in [0, 0.1) is 0 Å². The topological polar surface area (TPSA) is 58.6 Å². The largest absolute Gasteiger partial charge is 0.383 e. The van der Waals surface area contributed by atoms with E-state index in [1.165, 1.54) is 0 Å². The molecule has 6 heteroatoms. The van der Waals surface area contributed by atoms with Crippen LogP contribution in [0.25, 0.3) is 0 Å². The molecule has 0 aromatic carbocycles. The molecule has 0 spiro atoms. The van der Waals surface area contributed by atoms with Crippen molar-refractivity contribution in [2.24, 2.45) is 0 Å². The van der Waals surface area contributed by atoms with Gasteiger partial charge in [-0.25, -0.2) is 13.1 Å². The second kappa shape index (κ2) is 7.31. The quantitative estimate of drug-likeness (QED) is 0.690. The van der Waals surface area contributed by atoms with Crippen LogP contribution in [0.4, 0.5) is 0 Å². The van der Waals surface area contributed by atoms with E-state index >= 15 is 0 Å². The Balaban J connectivity index is 2.35. The van der Waals surface area contributed by atoms with E-state index in [9.17, 15) is 8.42 Å². The summed E-state index contributed by atoms with van der Waals surface area (Å²) in [5, 5.41) is 0. The molecule has 0 radical (unpaired) electrons. The van der Waals surface area contributed by atoms with Gasteiger partial charge < -0.3 is 4.74 Å². The van der Waals surface area contributed by atoms with E-state index in [0.29, 0.717) is 25.6 Å². The van der Waals surface area contributed by atoms with Crippen molar-refractivity contribution in [3.05, 3.63) is 0 Å².